The number of H-pyrrole nitrogens is 1. The van der Waals surface area contributed by atoms with Crippen molar-refractivity contribution in [1.29, 1.82) is 0 Å². The van der Waals surface area contributed by atoms with E-state index in [2.05, 4.69) is 10.7 Å². The number of aromatic nitrogens is 1. The van der Waals surface area contributed by atoms with E-state index in [1.165, 1.54) is 5.48 Å². The van der Waals surface area contributed by atoms with Crippen molar-refractivity contribution in [3.63, 3.8) is 0 Å². The zero-order valence-electron chi connectivity index (χ0n) is 10.6. The molecule has 0 saturated carbocycles. The van der Waals surface area contributed by atoms with Gasteiger partial charge in [0.1, 0.15) is 5.75 Å². The van der Waals surface area contributed by atoms with Gasteiger partial charge in [-0.05, 0) is 18.6 Å². The van der Waals surface area contributed by atoms with Crippen LogP contribution in [0.2, 0.25) is 0 Å². The topological polar surface area (TPSA) is 117 Å². The third kappa shape index (κ3) is 3.71. The summed E-state index contributed by atoms with van der Waals surface area (Å²) in [6.45, 7) is 1.91. The molecule has 0 spiro atoms. The number of hydrogen-bond donors (Lipinski definition) is 4. The summed E-state index contributed by atoms with van der Waals surface area (Å²) in [6, 6.07) is 6.35. The van der Waals surface area contributed by atoms with Crippen LogP contribution in [-0.4, -0.2) is 23.3 Å². The molecule has 0 aliphatic heterocycles. The lowest BCUT2D eigenvalue weighted by Crippen LogP contribution is -2.25. The number of para-hydroxylation sites is 1. The van der Waals surface area contributed by atoms with E-state index in [0.29, 0.717) is 5.75 Å². The van der Waals surface area contributed by atoms with Gasteiger partial charge >= 0.3 is 6.03 Å². The van der Waals surface area contributed by atoms with E-state index < -0.39 is 6.03 Å². The third-order valence-electron chi connectivity index (χ3n) is 2.38. The zero-order valence-corrected chi connectivity index (χ0v) is 10.6. The molecule has 0 bridgehead atoms. The lowest BCUT2D eigenvalue weighted by atomic mass is 10.1. The van der Waals surface area contributed by atoms with Crippen LogP contribution >= 0.6 is 0 Å². The lowest BCUT2D eigenvalue weighted by molar-refractivity contribution is 0.169. The van der Waals surface area contributed by atoms with Gasteiger partial charge < -0.3 is 15.5 Å². The fraction of sp³-hybridized carbons (Fsp3) is 0.167. The first-order valence-electron chi connectivity index (χ1n) is 5.35. The predicted molar refractivity (Wildman–Crippen MR) is 70.4 cm³/mol. The van der Waals surface area contributed by atoms with Crippen molar-refractivity contribution < 1.29 is 14.7 Å². The van der Waals surface area contributed by atoms with Gasteiger partial charge in [-0.2, -0.15) is 0 Å². The molecule has 5 N–H and O–H groups in total. The summed E-state index contributed by atoms with van der Waals surface area (Å²) in [6.07, 6.45) is 0. The second kappa shape index (κ2) is 6.41. The van der Waals surface area contributed by atoms with Gasteiger partial charge in [-0.25, -0.2) is 10.3 Å². The molecular formula is C12H15N3O4. The molecule has 0 fully saturated rings. The number of rotatable bonds is 1. The minimum atomic E-state index is -0.940. The van der Waals surface area contributed by atoms with Crippen molar-refractivity contribution in [2.45, 2.75) is 6.92 Å². The first-order chi connectivity index (χ1) is 8.99. The van der Waals surface area contributed by atoms with Crippen molar-refractivity contribution >= 4 is 16.9 Å². The van der Waals surface area contributed by atoms with Gasteiger partial charge in [0.25, 0.3) is 0 Å². The molecule has 2 rings (SSSR count). The summed E-state index contributed by atoms with van der Waals surface area (Å²) in [5, 5.41) is 8.44. The summed E-state index contributed by atoms with van der Waals surface area (Å²) < 4.78 is 5.17. The number of amides is 2. The molecule has 102 valence electrons. The maximum atomic E-state index is 11.3. The lowest BCUT2D eigenvalue weighted by Gasteiger charge is -2.05. The number of methoxy groups -OCH3 is 1. The van der Waals surface area contributed by atoms with Gasteiger partial charge in [0, 0.05) is 11.5 Å². The molecule has 7 nitrogen and oxygen atoms in total. The monoisotopic (exact) mass is 265 g/mol. The van der Waals surface area contributed by atoms with Crippen molar-refractivity contribution in [2.75, 3.05) is 7.11 Å². The van der Waals surface area contributed by atoms with Gasteiger partial charge in [0.05, 0.1) is 12.6 Å². The highest BCUT2D eigenvalue weighted by Gasteiger charge is 2.03. The molecule has 1 heterocycles. The Bertz CT molecular complexity index is 636. The highest BCUT2D eigenvalue weighted by Crippen LogP contribution is 2.23. The fourth-order valence-electron chi connectivity index (χ4n) is 1.59. The van der Waals surface area contributed by atoms with Crippen molar-refractivity contribution in [1.82, 2.24) is 10.5 Å². The summed E-state index contributed by atoms with van der Waals surface area (Å²) in [5.41, 5.74) is 7.09. The highest BCUT2D eigenvalue weighted by atomic mass is 16.5. The first-order valence-corrected chi connectivity index (χ1v) is 5.35. The molecule has 2 amide bonds. The molecule has 19 heavy (non-hydrogen) atoms. The standard InChI is InChI=1S/C11H11NO2.CH4N2O2/c1-7-6-10(13)12-11-8(7)4-3-5-9(11)14-2;2-1(4)3-5/h3-6H,1-2H3,(H,12,13);5H,(H3,2,3,4). The molecule has 0 radical (unpaired) electrons. The maximum Gasteiger partial charge on any atom is 0.335 e. The Morgan fingerprint density at radius 2 is 2.11 bits per heavy atom. The fourth-order valence-corrected chi connectivity index (χ4v) is 1.59. The number of carbonyl (C=O) groups excluding carboxylic acids is 1. The van der Waals surface area contributed by atoms with Crippen LogP contribution in [-0.2, 0) is 0 Å². The molecule has 0 saturated heterocycles. The number of benzene rings is 1. The number of pyridine rings is 1. The van der Waals surface area contributed by atoms with Crippen LogP contribution in [0.3, 0.4) is 0 Å². The average Bonchev–Trinajstić information content (AvgIpc) is 2.38. The number of aromatic amines is 1. The van der Waals surface area contributed by atoms with Crippen LogP contribution in [0.15, 0.2) is 29.1 Å². The Labute approximate surface area is 109 Å². The quantitative estimate of drug-likeness (QED) is 0.452. The van der Waals surface area contributed by atoms with Crippen LogP contribution in [0.5, 0.6) is 5.75 Å². The Morgan fingerprint density at radius 3 is 2.63 bits per heavy atom. The Hall–Kier alpha value is -2.54. The number of hydroxylamine groups is 1. The van der Waals surface area contributed by atoms with Crippen molar-refractivity contribution in [2.24, 2.45) is 5.73 Å². The summed E-state index contributed by atoms with van der Waals surface area (Å²) in [7, 11) is 1.59. The van der Waals surface area contributed by atoms with E-state index >= 15 is 0 Å². The van der Waals surface area contributed by atoms with Crippen LogP contribution in [0.25, 0.3) is 10.9 Å². The number of hydrogen-bond acceptors (Lipinski definition) is 4. The molecular weight excluding hydrogens is 250 g/mol. The maximum absolute atomic E-state index is 11.3. The molecule has 0 aliphatic carbocycles. The molecule has 0 unspecified atom stereocenters. The average molecular weight is 265 g/mol. The van der Waals surface area contributed by atoms with E-state index in [1.54, 1.807) is 13.2 Å². The number of aryl methyl sites for hydroxylation is 1. The normalized spacial score (nSPS) is 9.42. The molecule has 1 aromatic carbocycles. The Morgan fingerprint density at radius 1 is 1.47 bits per heavy atom. The SMILES string of the molecule is COc1cccc2c(C)cc(=O)[nH]c12.NC(=O)NO. The largest absolute Gasteiger partial charge is 0.495 e. The smallest absolute Gasteiger partial charge is 0.335 e. The summed E-state index contributed by atoms with van der Waals surface area (Å²) >= 11 is 0. The van der Waals surface area contributed by atoms with Gasteiger partial charge in [0.15, 0.2) is 0 Å². The van der Waals surface area contributed by atoms with E-state index in [-0.39, 0.29) is 5.56 Å². The minimum absolute atomic E-state index is 0.0977. The number of primary amides is 1. The van der Waals surface area contributed by atoms with Crippen LogP contribution in [0, 0.1) is 6.92 Å². The first kappa shape index (κ1) is 14.5. The van der Waals surface area contributed by atoms with Crippen LogP contribution < -0.4 is 21.5 Å². The number of urea groups is 1. The number of nitrogens with two attached hydrogens (primary N) is 1. The molecule has 0 atom stereocenters. The predicted octanol–water partition coefficient (Wildman–Crippen LogP) is 0.889. The van der Waals surface area contributed by atoms with E-state index in [1.807, 2.05) is 25.1 Å². The molecule has 2 aromatic rings. The molecule has 0 aliphatic rings. The van der Waals surface area contributed by atoms with Crippen LogP contribution in [0.1, 0.15) is 5.56 Å². The second-order valence-corrected chi connectivity index (χ2v) is 3.68. The minimum Gasteiger partial charge on any atom is -0.495 e. The number of fused-ring (bicyclic) bond motifs is 1. The Kier molecular flexibility index (Phi) is 4.90. The van der Waals surface area contributed by atoms with Gasteiger partial charge in [-0.3, -0.25) is 10.0 Å². The van der Waals surface area contributed by atoms with E-state index in [4.69, 9.17) is 9.94 Å². The van der Waals surface area contributed by atoms with Crippen LogP contribution in [0.4, 0.5) is 4.79 Å². The number of carbonyl (C=O) groups is 1. The van der Waals surface area contributed by atoms with Gasteiger partial charge in [0.2, 0.25) is 5.56 Å². The van der Waals surface area contributed by atoms with Gasteiger partial charge in [-0.1, -0.05) is 12.1 Å². The van der Waals surface area contributed by atoms with Crippen molar-refractivity contribution in [3.8, 4) is 5.75 Å². The van der Waals surface area contributed by atoms with Gasteiger partial charge in [-0.15, -0.1) is 0 Å². The Balaban J connectivity index is 0.000000312. The second-order valence-electron chi connectivity index (χ2n) is 3.68. The number of ether oxygens (including phenoxy) is 1. The highest BCUT2D eigenvalue weighted by molar-refractivity contribution is 5.86. The summed E-state index contributed by atoms with van der Waals surface area (Å²) in [4.78, 5) is 23.3. The number of nitrogens with one attached hydrogen (secondary N) is 2. The summed E-state index contributed by atoms with van der Waals surface area (Å²) in [5.74, 6) is 0.698. The molecule has 7 heteroatoms. The van der Waals surface area contributed by atoms with E-state index in [0.717, 1.165) is 16.5 Å². The van der Waals surface area contributed by atoms with E-state index in [9.17, 15) is 9.59 Å². The zero-order chi connectivity index (χ0) is 14.4. The molecule has 1 aromatic heterocycles. The van der Waals surface area contributed by atoms with Crippen molar-refractivity contribution in [3.05, 3.63) is 40.2 Å². The third-order valence-corrected chi connectivity index (χ3v) is 2.38.